The van der Waals surface area contributed by atoms with Crippen LogP contribution < -0.4 is 0 Å². The minimum atomic E-state index is -4.20. The standard InChI is InChI=1S/C24H42O3S/c1-6-7-8-9-10-11-12-13-14-15-16-21-17-18-22(28(25,26)27)24(20(4)5)23(21)19(2)3/h17-20H,6-16H2,1-5H3,(H,25,26,27). The topological polar surface area (TPSA) is 54.4 Å². The van der Waals surface area contributed by atoms with E-state index in [0.717, 1.165) is 24.0 Å². The number of rotatable bonds is 14. The zero-order chi connectivity index (χ0) is 21.2. The van der Waals surface area contributed by atoms with Crippen molar-refractivity contribution in [3.05, 3.63) is 28.8 Å². The van der Waals surface area contributed by atoms with E-state index < -0.39 is 10.1 Å². The van der Waals surface area contributed by atoms with Crippen molar-refractivity contribution in [3.8, 4) is 0 Å². The third-order valence-corrected chi connectivity index (χ3v) is 6.48. The lowest BCUT2D eigenvalue weighted by Gasteiger charge is -2.23. The van der Waals surface area contributed by atoms with Crippen LogP contribution in [0.1, 0.15) is 127 Å². The van der Waals surface area contributed by atoms with Crippen LogP contribution in [0.15, 0.2) is 17.0 Å². The molecule has 28 heavy (non-hydrogen) atoms. The van der Waals surface area contributed by atoms with Crippen LogP contribution in [0.3, 0.4) is 0 Å². The molecule has 4 heteroatoms. The van der Waals surface area contributed by atoms with Gasteiger partial charge in [0.1, 0.15) is 0 Å². The molecule has 0 saturated carbocycles. The van der Waals surface area contributed by atoms with Crippen LogP contribution in [-0.4, -0.2) is 13.0 Å². The van der Waals surface area contributed by atoms with Crippen LogP contribution in [0.4, 0.5) is 0 Å². The summed E-state index contributed by atoms with van der Waals surface area (Å²) in [6, 6.07) is 3.51. The fraction of sp³-hybridized carbons (Fsp3) is 0.750. The van der Waals surface area contributed by atoms with Crippen LogP contribution in [0.25, 0.3) is 0 Å². The number of unbranched alkanes of at least 4 members (excludes halogenated alkanes) is 9. The minimum Gasteiger partial charge on any atom is -0.282 e. The molecule has 0 saturated heterocycles. The zero-order valence-corrected chi connectivity index (χ0v) is 19.6. The first-order valence-electron chi connectivity index (χ1n) is 11.3. The van der Waals surface area contributed by atoms with Gasteiger partial charge in [-0.1, -0.05) is 98.5 Å². The van der Waals surface area contributed by atoms with E-state index in [0.29, 0.717) is 0 Å². The third-order valence-electron chi connectivity index (χ3n) is 5.57. The van der Waals surface area contributed by atoms with Gasteiger partial charge in [-0.05, 0) is 47.4 Å². The van der Waals surface area contributed by atoms with Crippen LogP contribution in [0, 0.1) is 0 Å². The van der Waals surface area contributed by atoms with E-state index in [2.05, 4.69) is 20.8 Å². The Labute approximate surface area is 174 Å². The maximum absolute atomic E-state index is 11.8. The van der Waals surface area contributed by atoms with Gasteiger partial charge in [-0.2, -0.15) is 8.42 Å². The summed E-state index contributed by atoms with van der Waals surface area (Å²) < 4.78 is 33.3. The Bertz CT molecular complexity index is 675. The average molecular weight is 411 g/mol. The molecule has 3 nitrogen and oxygen atoms in total. The first kappa shape index (κ1) is 25.2. The van der Waals surface area contributed by atoms with Gasteiger partial charge < -0.3 is 0 Å². The second-order valence-corrected chi connectivity index (χ2v) is 10.2. The van der Waals surface area contributed by atoms with E-state index >= 15 is 0 Å². The Balaban J connectivity index is 2.65. The second-order valence-electron chi connectivity index (χ2n) is 8.77. The summed E-state index contributed by atoms with van der Waals surface area (Å²) in [6.07, 6.45) is 14.1. The van der Waals surface area contributed by atoms with Crippen LogP contribution in [0.2, 0.25) is 0 Å². The molecule has 0 atom stereocenters. The third kappa shape index (κ3) is 8.24. The number of aryl methyl sites for hydroxylation is 1. The molecule has 0 aromatic heterocycles. The van der Waals surface area contributed by atoms with Crippen molar-refractivity contribution >= 4 is 10.1 Å². The molecule has 0 spiro atoms. The Morgan fingerprint density at radius 3 is 1.64 bits per heavy atom. The van der Waals surface area contributed by atoms with E-state index in [4.69, 9.17) is 0 Å². The van der Waals surface area contributed by atoms with Gasteiger partial charge in [-0.3, -0.25) is 4.55 Å². The van der Waals surface area contributed by atoms with E-state index in [9.17, 15) is 13.0 Å². The summed E-state index contributed by atoms with van der Waals surface area (Å²) in [5.74, 6) is 0.291. The summed E-state index contributed by atoms with van der Waals surface area (Å²) in [6.45, 7) is 10.5. The number of benzene rings is 1. The highest BCUT2D eigenvalue weighted by Gasteiger charge is 2.24. The van der Waals surface area contributed by atoms with Crippen molar-refractivity contribution in [1.29, 1.82) is 0 Å². The summed E-state index contributed by atoms with van der Waals surface area (Å²) >= 11 is 0. The van der Waals surface area contributed by atoms with Gasteiger partial charge in [0, 0.05) is 0 Å². The highest BCUT2D eigenvalue weighted by atomic mass is 32.2. The highest BCUT2D eigenvalue weighted by molar-refractivity contribution is 7.85. The first-order valence-corrected chi connectivity index (χ1v) is 12.8. The molecule has 0 bridgehead atoms. The Kier molecular flexibility index (Phi) is 11.4. The molecule has 0 fully saturated rings. The molecule has 162 valence electrons. The maximum Gasteiger partial charge on any atom is 0.294 e. The van der Waals surface area contributed by atoms with Crippen LogP contribution in [0.5, 0.6) is 0 Å². The van der Waals surface area contributed by atoms with Crippen LogP contribution >= 0.6 is 0 Å². The SMILES string of the molecule is CCCCCCCCCCCCc1ccc(S(=O)(=O)O)c(C(C)C)c1C(C)C. The fourth-order valence-corrected chi connectivity index (χ4v) is 5.05. The van der Waals surface area contributed by atoms with Crippen molar-refractivity contribution in [3.63, 3.8) is 0 Å². The molecule has 0 radical (unpaired) electrons. The quantitative estimate of drug-likeness (QED) is 0.253. The van der Waals surface area contributed by atoms with Gasteiger partial charge >= 0.3 is 0 Å². The van der Waals surface area contributed by atoms with Gasteiger partial charge in [0.2, 0.25) is 0 Å². The Morgan fingerprint density at radius 2 is 1.21 bits per heavy atom. The Hall–Kier alpha value is -0.870. The van der Waals surface area contributed by atoms with Gasteiger partial charge in [0.25, 0.3) is 10.1 Å². The zero-order valence-electron chi connectivity index (χ0n) is 18.8. The monoisotopic (exact) mass is 410 g/mol. The summed E-state index contributed by atoms with van der Waals surface area (Å²) in [5.41, 5.74) is 3.15. The van der Waals surface area contributed by atoms with Crippen molar-refractivity contribution in [1.82, 2.24) is 0 Å². The lowest BCUT2D eigenvalue weighted by Crippen LogP contribution is -2.11. The average Bonchev–Trinajstić information content (AvgIpc) is 2.61. The minimum absolute atomic E-state index is 0.0574. The molecular formula is C24H42O3S. The molecule has 0 unspecified atom stereocenters. The molecule has 0 aliphatic heterocycles. The normalized spacial score (nSPS) is 12.3. The first-order chi connectivity index (χ1) is 13.2. The van der Waals surface area contributed by atoms with Crippen molar-refractivity contribution in [2.75, 3.05) is 0 Å². The molecule has 1 rings (SSSR count). The van der Waals surface area contributed by atoms with Crippen molar-refractivity contribution in [2.24, 2.45) is 0 Å². The van der Waals surface area contributed by atoms with Crippen LogP contribution in [-0.2, 0) is 16.5 Å². The molecular weight excluding hydrogens is 368 g/mol. The molecule has 1 aromatic rings. The summed E-state index contributed by atoms with van der Waals surface area (Å²) in [5, 5.41) is 0. The smallest absolute Gasteiger partial charge is 0.282 e. The van der Waals surface area contributed by atoms with E-state index in [1.54, 1.807) is 6.07 Å². The van der Waals surface area contributed by atoms with Gasteiger partial charge in [0.05, 0.1) is 4.90 Å². The highest BCUT2D eigenvalue weighted by Crippen LogP contribution is 2.35. The van der Waals surface area contributed by atoms with E-state index in [-0.39, 0.29) is 16.7 Å². The van der Waals surface area contributed by atoms with Gasteiger partial charge in [-0.25, -0.2) is 0 Å². The fourth-order valence-electron chi connectivity index (χ4n) is 4.18. The lowest BCUT2D eigenvalue weighted by atomic mass is 9.85. The molecule has 1 N–H and O–H groups in total. The molecule has 0 amide bonds. The Morgan fingerprint density at radius 1 is 0.750 bits per heavy atom. The summed E-state index contributed by atoms with van der Waals surface area (Å²) in [4.78, 5) is 0.0815. The van der Waals surface area contributed by atoms with E-state index in [1.807, 2.05) is 19.9 Å². The molecule has 1 aromatic carbocycles. The molecule has 0 heterocycles. The predicted octanol–water partition coefficient (Wildman–Crippen LogP) is 7.64. The predicted molar refractivity (Wildman–Crippen MR) is 120 cm³/mol. The van der Waals surface area contributed by atoms with Gasteiger partial charge in [-0.15, -0.1) is 0 Å². The molecule has 0 aliphatic carbocycles. The number of hydrogen-bond acceptors (Lipinski definition) is 2. The molecule has 0 aliphatic rings. The maximum atomic E-state index is 11.8. The van der Waals surface area contributed by atoms with E-state index in [1.165, 1.54) is 63.4 Å². The lowest BCUT2D eigenvalue weighted by molar-refractivity contribution is 0.481. The number of hydrogen-bond donors (Lipinski definition) is 1. The van der Waals surface area contributed by atoms with Crippen molar-refractivity contribution < 1.29 is 13.0 Å². The second kappa shape index (κ2) is 12.6. The van der Waals surface area contributed by atoms with Crippen molar-refractivity contribution in [2.45, 2.75) is 122 Å². The summed E-state index contributed by atoms with van der Waals surface area (Å²) in [7, 11) is -4.20. The largest absolute Gasteiger partial charge is 0.294 e. The van der Waals surface area contributed by atoms with Gasteiger partial charge in [0.15, 0.2) is 0 Å².